The Morgan fingerprint density at radius 1 is 0.816 bits per heavy atom. The second-order valence-electron chi connectivity index (χ2n) is 10.6. The molecule has 13 nitrogen and oxygen atoms in total. The Kier molecular flexibility index (Phi) is 9.70. The standard InChI is InChI=1S/C36H30N6O7/c1-46-35(44)40-16-17-47-33(43)31-20-24-12-13-25(32(37)41-36(45)49-27-9-3-2-4-10-27)21-30(24)42(31)22-26-19-28(48-34-38-14-7-15-39-34)18-23-8-5-6-11-29(23)26/h2-15,18-21H,16-17,22H2,1H3,(H,40,44)(H2,37,41,45). The van der Waals surface area contributed by atoms with Crippen LogP contribution in [0.15, 0.2) is 109 Å². The lowest BCUT2D eigenvalue weighted by molar-refractivity contribution is 0.0495. The molecular weight excluding hydrogens is 628 g/mol. The summed E-state index contributed by atoms with van der Waals surface area (Å²) in [6, 6.07) is 28.7. The van der Waals surface area contributed by atoms with Gasteiger partial charge in [0.15, 0.2) is 0 Å². The van der Waals surface area contributed by atoms with Crippen LogP contribution in [0.2, 0.25) is 0 Å². The van der Waals surface area contributed by atoms with Crippen LogP contribution in [-0.2, 0) is 16.0 Å². The first-order valence-corrected chi connectivity index (χ1v) is 15.1. The number of rotatable bonds is 10. The molecule has 0 radical (unpaired) electrons. The maximum absolute atomic E-state index is 13.5. The van der Waals surface area contributed by atoms with Gasteiger partial charge in [0.1, 0.15) is 29.6 Å². The zero-order valence-electron chi connectivity index (χ0n) is 26.2. The van der Waals surface area contributed by atoms with E-state index in [-0.39, 0.29) is 37.2 Å². The first-order chi connectivity index (χ1) is 23.9. The van der Waals surface area contributed by atoms with E-state index in [4.69, 9.17) is 19.6 Å². The molecule has 49 heavy (non-hydrogen) atoms. The van der Waals surface area contributed by atoms with E-state index in [2.05, 4.69) is 25.3 Å². The lowest BCUT2D eigenvalue weighted by atomic mass is 10.0. The van der Waals surface area contributed by atoms with Gasteiger partial charge in [-0.3, -0.25) is 10.7 Å². The van der Waals surface area contributed by atoms with Gasteiger partial charge in [-0.2, -0.15) is 0 Å². The summed E-state index contributed by atoms with van der Waals surface area (Å²) in [5.41, 5.74) is 2.02. The summed E-state index contributed by atoms with van der Waals surface area (Å²) in [7, 11) is 1.24. The minimum absolute atomic E-state index is 0.0519. The second-order valence-corrected chi connectivity index (χ2v) is 10.6. The van der Waals surface area contributed by atoms with Crippen LogP contribution in [-0.4, -0.2) is 58.8 Å². The summed E-state index contributed by atoms with van der Waals surface area (Å²) < 4.78 is 23.1. The molecule has 0 unspecified atom stereocenters. The summed E-state index contributed by atoms with van der Waals surface area (Å²) in [6.07, 6.45) is 1.71. The Hall–Kier alpha value is -6.76. The van der Waals surface area contributed by atoms with Crippen molar-refractivity contribution in [3.05, 3.63) is 126 Å². The molecular formula is C36H30N6O7. The molecule has 0 aliphatic rings. The number of hydrogen-bond acceptors (Lipinski definition) is 10. The van der Waals surface area contributed by atoms with Crippen molar-refractivity contribution in [3.8, 4) is 17.5 Å². The van der Waals surface area contributed by atoms with Gasteiger partial charge in [-0.1, -0.05) is 54.6 Å². The molecule has 0 fully saturated rings. The number of carbonyl (C=O) groups is 3. The van der Waals surface area contributed by atoms with Gasteiger partial charge in [-0.25, -0.2) is 24.4 Å². The van der Waals surface area contributed by atoms with Crippen molar-refractivity contribution < 1.29 is 33.3 Å². The first-order valence-electron chi connectivity index (χ1n) is 15.1. The highest BCUT2D eigenvalue weighted by molar-refractivity contribution is 6.07. The van der Waals surface area contributed by atoms with Gasteiger partial charge in [0.25, 0.3) is 0 Å². The van der Waals surface area contributed by atoms with Gasteiger partial charge in [0, 0.05) is 35.4 Å². The van der Waals surface area contributed by atoms with Crippen LogP contribution in [0, 0.1) is 5.41 Å². The van der Waals surface area contributed by atoms with Crippen molar-refractivity contribution in [2.45, 2.75) is 6.54 Å². The van der Waals surface area contributed by atoms with Crippen LogP contribution in [0.1, 0.15) is 21.6 Å². The molecule has 0 bridgehead atoms. The fourth-order valence-corrected chi connectivity index (χ4v) is 5.15. The Bertz CT molecular complexity index is 2150. The molecule has 13 heteroatoms. The molecule has 4 aromatic carbocycles. The molecule has 2 heterocycles. The summed E-state index contributed by atoms with van der Waals surface area (Å²) in [4.78, 5) is 45.8. The molecule has 0 aliphatic heterocycles. The number of amidine groups is 1. The third-order valence-corrected chi connectivity index (χ3v) is 7.37. The fraction of sp³-hybridized carbons (Fsp3) is 0.111. The monoisotopic (exact) mass is 658 g/mol. The Morgan fingerprint density at radius 2 is 1.59 bits per heavy atom. The second kappa shape index (κ2) is 14.8. The predicted molar refractivity (Wildman–Crippen MR) is 180 cm³/mol. The summed E-state index contributed by atoms with van der Waals surface area (Å²) in [6.45, 7) is 0.153. The van der Waals surface area contributed by atoms with E-state index in [1.165, 1.54) is 7.11 Å². The number of ether oxygens (including phenoxy) is 4. The van der Waals surface area contributed by atoms with E-state index < -0.39 is 18.2 Å². The maximum Gasteiger partial charge on any atom is 0.418 e. The average molecular weight is 659 g/mol. The normalized spacial score (nSPS) is 10.7. The topological polar surface area (TPSA) is 167 Å². The number of nitrogens with one attached hydrogen (secondary N) is 3. The zero-order chi connectivity index (χ0) is 34.2. The molecule has 246 valence electrons. The largest absolute Gasteiger partial charge is 0.459 e. The van der Waals surface area contributed by atoms with Gasteiger partial charge in [-0.15, -0.1) is 0 Å². The van der Waals surface area contributed by atoms with Crippen molar-refractivity contribution in [2.24, 2.45) is 0 Å². The van der Waals surface area contributed by atoms with Gasteiger partial charge in [-0.05, 0) is 58.8 Å². The number of fused-ring (bicyclic) bond motifs is 2. The van der Waals surface area contributed by atoms with E-state index in [0.29, 0.717) is 28.0 Å². The van der Waals surface area contributed by atoms with Crippen LogP contribution >= 0.6 is 0 Å². The molecule has 0 spiro atoms. The van der Waals surface area contributed by atoms with Crippen molar-refractivity contribution in [1.29, 1.82) is 5.41 Å². The molecule has 3 N–H and O–H groups in total. The van der Waals surface area contributed by atoms with Crippen molar-refractivity contribution >= 4 is 45.7 Å². The number of amides is 2. The highest BCUT2D eigenvalue weighted by atomic mass is 16.6. The molecule has 2 amide bonds. The van der Waals surface area contributed by atoms with Crippen molar-refractivity contribution in [3.63, 3.8) is 0 Å². The molecule has 2 aromatic heterocycles. The molecule has 0 aliphatic carbocycles. The van der Waals surface area contributed by atoms with Gasteiger partial charge < -0.3 is 28.8 Å². The Balaban J connectivity index is 1.35. The first kappa shape index (κ1) is 32.2. The number of methoxy groups -OCH3 is 1. The van der Waals surface area contributed by atoms with E-state index >= 15 is 0 Å². The third-order valence-electron chi connectivity index (χ3n) is 7.37. The van der Waals surface area contributed by atoms with E-state index in [1.807, 2.05) is 36.4 Å². The van der Waals surface area contributed by atoms with Gasteiger partial charge in [0.05, 0.1) is 13.7 Å². The van der Waals surface area contributed by atoms with Gasteiger partial charge >= 0.3 is 24.2 Å². The van der Waals surface area contributed by atoms with E-state index in [9.17, 15) is 14.4 Å². The number of aromatic nitrogens is 3. The molecule has 0 atom stereocenters. The number of benzene rings is 4. The number of alkyl carbamates (subject to hydrolysis) is 1. The minimum atomic E-state index is -0.817. The quantitative estimate of drug-likeness (QED) is 0.0687. The molecule has 0 saturated carbocycles. The fourth-order valence-electron chi connectivity index (χ4n) is 5.15. The lowest BCUT2D eigenvalue weighted by Crippen LogP contribution is -2.33. The third kappa shape index (κ3) is 7.80. The predicted octanol–water partition coefficient (Wildman–Crippen LogP) is 6.05. The Morgan fingerprint density at radius 3 is 2.39 bits per heavy atom. The average Bonchev–Trinajstić information content (AvgIpc) is 3.48. The molecule has 0 saturated heterocycles. The zero-order valence-corrected chi connectivity index (χ0v) is 26.2. The van der Waals surface area contributed by atoms with E-state index in [1.54, 1.807) is 77.6 Å². The number of nitrogens with zero attached hydrogens (tertiary/aromatic N) is 3. The van der Waals surface area contributed by atoms with Crippen LogP contribution in [0.25, 0.3) is 21.7 Å². The van der Waals surface area contributed by atoms with Crippen LogP contribution in [0.5, 0.6) is 17.5 Å². The highest BCUT2D eigenvalue weighted by Gasteiger charge is 2.20. The van der Waals surface area contributed by atoms with Crippen LogP contribution in [0.3, 0.4) is 0 Å². The van der Waals surface area contributed by atoms with Crippen LogP contribution in [0.4, 0.5) is 9.59 Å². The summed E-state index contributed by atoms with van der Waals surface area (Å²) >= 11 is 0. The van der Waals surface area contributed by atoms with Gasteiger partial charge in [0.2, 0.25) is 0 Å². The Labute approximate surface area is 279 Å². The van der Waals surface area contributed by atoms with Crippen LogP contribution < -0.4 is 20.1 Å². The van der Waals surface area contributed by atoms with E-state index in [0.717, 1.165) is 16.3 Å². The summed E-state index contributed by atoms with van der Waals surface area (Å²) in [5, 5.41) is 16.0. The molecule has 6 rings (SSSR count). The smallest absolute Gasteiger partial charge is 0.418 e. The van der Waals surface area contributed by atoms with Crippen molar-refractivity contribution in [2.75, 3.05) is 20.3 Å². The number of esters is 1. The SMILES string of the molecule is COC(=O)NCCOC(=O)c1cc2ccc(C(=N)NC(=O)Oc3ccccc3)cc2n1Cc1cc(Oc2ncccn2)cc2ccccc12. The maximum atomic E-state index is 13.5. The summed E-state index contributed by atoms with van der Waals surface area (Å²) in [5.74, 6) is 0.00746. The molecule has 6 aromatic rings. The highest BCUT2D eigenvalue weighted by Crippen LogP contribution is 2.31. The number of carbonyl (C=O) groups excluding carboxylic acids is 3. The number of para-hydroxylation sites is 1. The van der Waals surface area contributed by atoms with Crippen molar-refractivity contribution in [1.82, 2.24) is 25.2 Å². The minimum Gasteiger partial charge on any atom is -0.459 e. The lowest BCUT2D eigenvalue weighted by Gasteiger charge is -2.15. The number of hydrogen-bond donors (Lipinski definition) is 3.